The Morgan fingerprint density at radius 3 is 2.09 bits per heavy atom. The molecule has 0 unspecified atom stereocenters. The molecule has 0 amide bonds. The molecule has 0 bridgehead atoms. The van der Waals surface area contributed by atoms with Crippen molar-refractivity contribution in [3.8, 4) is 0 Å². The SMILES string of the molecule is Cc1cccc(C)c1[C@H](C1CCCCC1)N1CCNCC1.Cl.Cl. The number of halogens is 2. The Balaban J connectivity index is 0.00000132. The van der Waals surface area contributed by atoms with Crippen LogP contribution in [-0.4, -0.2) is 31.1 Å². The lowest BCUT2D eigenvalue weighted by Crippen LogP contribution is -2.47. The molecule has 1 saturated heterocycles. The molecule has 2 aliphatic rings. The Morgan fingerprint density at radius 2 is 1.52 bits per heavy atom. The number of hydrogen-bond donors (Lipinski definition) is 1. The maximum Gasteiger partial charge on any atom is 0.0382 e. The summed E-state index contributed by atoms with van der Waals surface area (Å²) in [5.74, 6) is 0.858. The van der Waals surface area contributed by atoms with Crippen LogP contribution in [0.4, 0.5) is 0 Å². The van der Waals surface area contributed by atoms with Gasteiger partial charge in [-0.05, 0) is 49.3 Å². The van der Waals surface area contributed by atoms with Gasteiger partial charge < -0.3 is 5.32 Å². The minimum Gasteiger partial charge on any atom is -0.314 e. The van der Waals surface area contributed by atoms with Gasteiger partial charge in [0.1, 0.15) is 0 Å². The van der Waals surface area contributed by atoms with Gasteiger partial charge in [0, 0.05) is 32.2 Å². The largest absolute Gasteiger partial charge is 0.314 e. The number of benzene rings is 1. The van der Waals surface area contributed by atoms with Crippen molar-refractivity contribution >= 4 is 24.8 Å². The van der Waals surface area contributed by atoms with Crippen LogP contribution < -0.4 is 5.32 Å². The van der Waals surface area contributed by atoms with E-state index in [-0.39, 0.29) is 24.8 Å². The van der Waals surface area contributed by atoms with E-state index in [9.17, 15) is 0 Å². The Bertz CT molecular complexity index is 428. The fourth-order valence-corrected chi connectivity index (χ4v) is 4.42. The molecular weight excluding hydrogens is 327 g/mol. The van der Waals surface area contributed by atoms with Gasteiger partial charge in [0.05, 0.1) is 0 Å². The van der Waals surface area contributed by atoms with Crippen molar-refractivity contribution < 1.29 is 0 Å². The van der Waals surface area contributed by atoms with E-state index in [1.54, 1.807) is 5.56 Å². The molecule has 3 rings (SSSR count). The third-order valence-corrected chi connectivity index (χ3v) is 5.48. The second kappa shape index (κ2) is 9.88. The molecule has 1 saturated carbocycles. The predicted octanol–water partition coefficient (Wildman–Crippen LogP) is 4.67. The number of piperazine rings is 1. The van der Waals surface area contributed by atoms with E-state index in [4.69, 9.17) is 0 Å². The maximum atomic E-state index is 3.51. The summed E-state index contributed by atoms with van der Waals surface area (Å²) >= 11 is 0. The van der Waals surface area contributed by atoms with Gasteiger partial charge in [-0.2, -0.15) is 0 Å². The summed E-state index contributed by atoms with van der Waals surface area (Å²) in [6.07, 6.45) is 7.14. The highest BCUT2D eigenvalue weighted by Crippen LogP contribution is 2.40. The summed E-state index contributed by atoms with van der Waals surface area (Å²) in [6.45, 7) is 9.31. The van der Waals surface area contributed by atoms with Crippen LogP contribution in [0.2, 0.25) is 0 Å². The zero-order valence-electron chi connectivity index (χ0n) is 14.5. The normalized spacial score (nSPS) is 21.1. The zero-order chi connectivity index (χ0) is 14.7. The summed E-state index contributed by atoms with van der Waals surface area (Å²) in [6, 6.07) is 7.47. The van der Waals surface area contributed by atoms with Crippen molar-refractivity contribution in [1.29, 1.82) is 0 Å². The van der Waals surface area contributed by atoms with Crippen LogP contribution in [0, 0.1) is 19.8 Å². The first kappa shape index (κ1) is 20.8. The maximum absolute atomic E-state index is 3.51. The highest BCUT2D eigenvalue weighted by atomic mass is 35.5. The minimum absolute atomic E-state index is 0. The van der Waals surface area contributed by atoms with Crippen LogP contribution in [0.3, 0.4) is 0 Å². The minimum atomic E-state index is 0. The second-order valence-corrected chi connectivity index (χ2v) is 6.93. The third-order valence-electron chi connectivity index (χ3n) is 5.48. The van der Waals surface area contributed by atoms with Crippen molar-refractivity contribution in [3.63, 3.8) is 0 Å². The van der Waals surface area contributed by atoms with Crippen LogP contribution in [0.25, 0.3) is 0 Å². The molecular formula is C19H32Cl2N2. The molecule has 2 nitrogen and oxygen atoms in total. The lowest BCUT2D eigenvalue weighted by Gasteiger charge is -2.42. The van der Waals surface area contributed by atoms with E-state index in [2.05, 4.69) is 42.3 Å². The number of nitrogens with zero attached hydrogens (tertiary/aromatic N) is 1. The number of aryl methyl sites for hydroxylation is 2. The van der Waals surface area contributed by atoms with Crippen LogP contribution in [0.1, 0.15) is 54.8 Å². The smallest absolute Gasteiger partial charge is 0.0382 e. The monoisotopic (exact) mass is 358 g/mol. The highest BCUT2D eigenvalue weighted by Gasteiger charge is 2.32. The zero-order valence-corrected chi connectivity index (χ0v) is 16.1. The summed E-state index contributed by atoms with van der Waals surface area (Å²) in [5.41, 5.74) is 4.61. The lowest BCUT2D eigenvalue weighted by molar-refractivity contribution is 0.102. The molecule has 0 radical (unpaired) electrons. The van der Waals surface area contributed by atoms with E-state index >= 15 is 0 Å². The molecule has 1 heterocycles. The standard InChI is InChI=1S/C19H30N2.2ClH/c1-15-7-6-8-16(2)18(15)19(17-9-4-3-5-10-17)21-13-11-20-12-14-21;;/h6-8,17,19-20H,3-5,9-14H2,1-2H3;2*1H/t19-;;/m0../s1. The fraction of sp³-hybridized carbons (Fsp3) is 0.684. The van der Waals surface area contributed by atoms with E-state index in [1.165, 1.54) is 56.3 Å². The van der Waals surface area contributed by atoms with Gasteiger partial charge in [0.15, 0.2) is 0 Å². The molecule has 132 valence electrons. The first-order chi connectivity index (χ1) is 10.3. The molecule has 1 N–H and O–H groups in total. The molecule has 1 aromatic rings. The van der Waals surface area contributed by atoms with Crippen molar-refractivity contribution in [1.82, 2.24) is 10.2 Å². The van der Waals surface area contributed by atoms with Gasteiger partial charge in [-0.15, -0.1) is 24.8 Å². The van der Waals surface area contributed by atoms with Gasteiger partial charge in [-0.3, -0.25) is 4.90 Å². The van der Waals surface area contributed by atoms with E-state index in [0.29, 0.717) is 6.04 Å². The summed E-state index contributed by atoms with van der Waals surface area (Å²) in [7, 11) is 0. The molecule has 2 fully saturated rings. The number of hydrogen-bond acceptors (Lipinski definition) is 2. The van der Waals surface area contributed by atoms with Gasteiger partial charge in [-0.1, -0.05) is 37.5 Å². The van der Waals surface area contributed by atoms with Gasteiger partial charge in [-0.25, -0.2) is 0 Å². The van der Waals surface area contributed by atoms with Crippen molar-refractivity contribution in [3.05, 3.63) is 34.9 Å². The average molecular weight is 359 g/mol. The van der Waals surface area contributed by atoms with Gasteiger partial charge >= 0.3 is 0 Å². The van der Waals surface area contributed by atoms with Crippen molar-refractivity contribution in [2.45, 2.75) is 52.0 Å². The van der Waals surface area contributed by atoms with Crippen LogP contribution in [-0.2, 0) is 0 Å². The van der Waals surface area contributed by atoms with E-state index in [1.807, 2.05) is 0 Å². The Labute approximate surface area is 154 Å². The van der Waals surface area contributed by atoms with Crippen molar-refractivity contribution in [2.24, 2.45) is 5.92 Å². The van der Waals surface area contributed by atoms with Crippen LogP contribution >= 0.6 is 24.8 Å². The van der Waals surface area contributed by atoms with E-state index in [0.717, 1.165) is 19.0 Å². The van der Waals surface area contributed by atoms with E-state index < -0.39 is 0 Å². The molecule has 1 atom stereocenters. The number of rotatable bonds is 3. The lowest BCUT2D eigenvalue weighted by atomic mass is 9.78. The Morgan fingerprint density at radius 1 is 0.957 bits per heavy atom. The molecule has 0 aromatic heterocycles. The second-order valence-electron chi connectivity index (χ2n) is 6.93. The van der Waals surface area contributed by atoms with Crippen LogP contribution in [0.5, 0.6) is 0 Å². The number of nitrogens with one attached hydrogen (secondary N) is 1. The summed E-state index contributed by atoms with van der Waals surface area (Å²) in [4.78, 5) is 2.77. The topological polar surface area (TPSA) is 15.3 Å². The third kappa shape index (κ3) is 4.85. The Kier molecular flexibility index (Phi) is 8.92. The summed E-state index contributed by atoms with van der Waals surface area (Å²) < 4.78 is 0. The highest BCUT2D eigenvalue weighted by molar-refractivity contribution is 5.85. The molecule has 1 aliphatic heterocycles. The van der Waals surface area contributed by atoms with Crippen LogP contribution in [0.15, 0.2) is 18.2 Å². The fourth-order valence-electron chi connectivity index (χ4n) is 4.42. The van der Waals surface area contributed by atoms with Gasteiger partial charge in [0.2, 0.25) is 0 Å². The quantitative estimate of drug-likeness (QED) is 0.843. The molecule has 1 aromatic carbocycles. The van der Waals surface area contributed by atoms with Gasteiger partial charge in [0.25, 0.3) is 0 Å². The average Bonchev–Trinajstić information content (AvgIpc) is 2.53. The molecule has 23 heavy (non-hydrogen) atoms. The first-order valence-corrected chi connectivity index (χ1v) is 8.78. The molecule has 0 spiro atoms. The molecule has 4 heteroatoms. The predicted molar refractivity (Wildman–Crippen MR) is 104 cm³/mol. The van der Waals surface area contributed by atoms with Crippen molar-refractivity contribution in [2.75, 3.05) is 26.2 Å². The Hall–Kier alpha value is -0.280. The summed E-state index contributed by atoms with van der Waals surface area (Å²) in [5, 5.41) is 3.51. The first-order valence-electron chi connectivity index (χ1n) is 8.78. The molecule has 1 aliphatic carbocycles.